The summed E-state index contributed by atoms with van der Waals surface area (Å²) in [5.74, 6) is -0.337. The van der Waals surface area contributed by atoms with Gasteiger partial charge in [0, 0.05) is 18.9 Å². The van der Waals surface area contributed by atoms with E-state index in [4.69, 9.17) is 12.2 Å². The number of likely N-dealkylation sites (N-methyl/N-ethyl adjacent to an activating group) is 1. The minimum absolute atomic E-state index is 0.153. The molecule has 1 unspecified atom stereocenters. The van der Waals surface area contributed by atoms with E-state index < -0.39 is 6.04 Å². The fourth-order valence-corrected chi connectivity index (χ4v) is 2.27. The zero-order chi connectivity index (χ0) is 11.9. The van der Waals surface area contributed by atoms with Crippen molar-refractivity contribution in [1.82, 2.24) is 14.5 Å². The number of aromatic nitrogens is 2. The fourth-order valence-electron chi connectivity index (χ4n) is 1.97. The Morgan fingerprint density at radius 2 is 2.25 bits per heavy atom. The minimum atomic E-state index is -0.466. The van der Waals surface area contributed by atoms with Gasteiger partial charge >= 0.3 is 0 Å². The summed E-state index contributed by atoms with van der Waals surface area (Å²) in [7, 11) is 1.51. The SMILES string of the molecule is CCc1c[nH]c(=S)n1C1CC(=O)N(C)C1=O. The van der Waals surface area contributed by atoms with Crippen molar-refractivity contribution in [3.05, 3.63) is 16.7 Å². The molecule has 0 radical (unpaired) electrons. The molecule has 1 aliphatic rings. The number of imide groups is 1. The first-order chi connectivity index (χ1) is 7.56. The molecule has 1 atom stereocenters. The third kappa shape index (κ3) is 1.49. The average molecular weight is 239 g/mol. The largest absolute Gasteiger partial charge is 0.337 e. The number of rotatable bonds is 2. The van der Waals surface area contributed by atoms with E-state index in [2.05, 4.69) is 4.98 Å². The van der Waals surface area contributed by atoms with Crippen LogP contribution in [-0.4, -0.2) is 33.3 Å². The highest BCUT2D eigenvalue weighted by Crippen LogP contribution is 2.25. The van der Waals surface area contributed by atoms with Gasteiger partial charge in [0.05, 0.1) is 6.42 Å². The van der Waals surface area contributed by atoms with Crippen LogP contribution in [0.1, 0.15) is 25.1 Å². The van der Waals surface area contributed by atoms with E-state index in [1.54, 1.807) is 10.8 Å². The predicted molar refractivity (Wildman–Crippen MR) is 60.4 cm³/mol. The van der Waals surface area contributed by atoms with Gasteiger partial charge in [-0.05, 0) is 18.6 Å². The fraction of sp³-hybridized carbons (Fsp3) is 0.500. The number of aromatic amines is 1. The van der Waals surface area contributed by atoms with Gasteiger partial charge in [-0.3, -0.25) is 14.5 Å². The number of nitrogens with one attached hydrogen (secondary N) is 1. The number of aryl methyl sites for hydroxylation is 1. The van der Waals surface area contributed by atoms with Gasteiger partial charge in [0.25, 0.3) is 5.91 Å². The molecule has 1 fully saturated rings. The van der Waals surface area contributed by atoms with Crippen LogP contribution in [-0.2, 0) is 16.0 Å². The number of amides is 2. The number of imidazole rings is 1. The number of H-pyrrole nitrogens is 1. The van der Waals surface area contributed by atoms with Gasteiger partial charge in [-0.15, -0.1) is 0 Å². The second kappa shape index (κ2) is 3.86. The molecule has 16 heavy (non-hydrogen) atoms. The summed E-state index contributed by atoms with van der Waals surface area (Å²) in [6, 6.07) is -0.466. The Balaban J connectivity index is 2.46. The maximum Gasteiger partial charge on any atom is 0.252 e. The van der Waals surface area contributed by atoms with E-state index in [0.29, 0.717) is 4.77 Å². The number of carbonyl (C=O) groups excluding carboxylic acids is 2. The number of hydrogen-bond donors (Lipinski definition) is 1. The lowest BCUT2D eigenvalue weighted by atomic mass is 10.2. The first-order valence-electron chi connectivity index (χ1n) is 5.15. The lowest BCUT2D eigenvalue weighted by Gasteiger charge is -2.12. The van der Waals surface area contributed by atoms with Crippen molar-refractivity contribution in [2.45, 2.75) is 25.8 Å². The molecule has 2 heterocycles. The highest BCUT2D eigenvalue weighted by atomic mass is 32.1. The molecule has 6 heteroatoms. The molecule has 1 N–H and O–H groups in total. The van der Waals surface area contributed by atoms with Crippen LogP contribution in [0.3, 0.4) is 0 Å². The Kier molecular flexibility index (Phi) is 2.67. The van der Waals surface area contributed by atoms with Gasteiger partial charge in [-0.2, -0.15) is 0 Å². The summed E-state index contributed by atoms with van der Waals surface area (Å²) < 4.78 is 2.25. The molecule has 1 aliphatic heterocycles. The van der Waals surface area contributed by atoms with Crippen LogP contribution in [0.4, 0.5) is 0 Å². The highest BCUT2D eigenvalue weighted by molar-refractivity contribution is 7.71. The van der Waals surface area contributed by atoms with Gasteiger partial charge in [-0.25, -0.2) is 0 Å². The van der Waals surface area contributed by atoms with Crippen LogP contribution in [0.15, 0.2) is 6.20 Å². The normalized spacial score (nSPS) is 20.9. The van der Waals surface area contributed by atoms with E-state index in [0.717, 1.165) is 12.1 Å². The summed E-state index contributed by atoms with van der Waals surface area (Å²) in [6.07, 6.45) is 2.77. The van der Waals surface area contributed by atoms with E-state index in [1.807, 2.05) is 6.92 Å². The summed E-state index contributed by atoms with van der Waals surface area (Å²) in [5, 5.41) is 0. The first kappa shape index (κ1) is 11.1. The number of nitrogens with zero attached hydrogens (tertiary/aromatic N) is 2. The van der Waals surface area contributed by atoms with Gasteiger partial charge in [0.2, 0.25) is 5.91 Å². The van der Waals surface area contributed by atoms with Gasteiger partial charge in [0.1, 0.15) is 6.04 Å². The molecule has 0 aromatic carbocycles. The maximum absolute atomic E-state index is 11.9. The summed E-state index contributed by atoms with van der Waals surface area (Å²) in [4.78, 5) is 27.4. The molecular weight excluding hydrogens is 226 g/mol. The molecule has 2 rings (SSSR count). The zero-order valence-electron chi connectivity index (χ0n) is 9.19. The van der Waals surface area contributed by atoms with Crippen LogP contribution in [0.2, 0.25) is 0 Å². The predicted octanol–water partition coefficient (Wildman–Crippen LogP) is 1.04. The van der Waals surface area contributed by atoms with E-state index >= 15 is 0 Å². The second-order valence-electron chi connectivity index (χ2n) is 3.82. The molecule has 1 aromatic heterocycles. The summed E-state index contributed by atoms with van der Waals surface area (Å²) in [6.45, 7) is 1.99. The lowest BCUT2D eigenvalue weighted by Crippen LogP contribution is -2.27. The van der Waals surface area contributed by atoms with Crippen molar-refractivity contribution in [2.75, 3.05) is 7.05 Å². The molecule has 1 aromatic rings. The average Bonchev–Trinajstić information content (AvgIpc) is 2.74. The van der Waals surface area contributed by atoms with E-state index in [9.17, 15) is 9.59 Å². The Hall–Kier alpha value is -1.43. The van der Waals surface area contributed by atoms with Crippen molar-refractivity contribution < 1.29 is 9.59 Å². The van der Waals surface area contributed by atoms with Crippen LogP contribution in [0, 0.1) is 4.77 Å². The Morgan fingerprint density at radius 1 is 1.56 bits per heavy atom. The van der Waals surface area contributed by atoms with Crippen LogP contribution >= 0.6 is 12.2 Å². The van der Waals surface area contributed by atoms with Crippen molar-refractivity contribution in [3.8, 4) is 0 Å². The maximum atomic E-state index is 11.9. The van der Waals surface area contributed by atoms with Gasteiger partial charge in [-0.1, -0.05) is 6.92 Å². The molecule has 5 nitrogen and oxygen atoms in total. The van der Waals surface area contributed by atoms with Crippen molar-refractivity contribution in [3.63, 3.8) is 0 Å². The third-order valence-corrected chi connectivity index (χ3v) is 3.24. The molecule has 0 saturated carbocycles. The molecular formula is C10H13N3O2S. The molecule has 86 valence electrons. The smallest absolute Gasteiger partial charge is 0.252 e. The Labute approximate surface area is 98.1 Å². The van der Waals surface area contributed by atoms with Crippen LogP contribution in [0.25, 0.3) is 0 Å². The minimum Gasteiger partial charge on any atom is -0.337 e. The lowest BCUT2D eigenvalue weighted by molar-refractivity contribution is -0.137. The summed E-state index contributed by atoms with van der Waals surface area (Å²) in [5.41, 5.74) is 0.950. The van der Waals surface area contributed by atoms with Gasteiger partial charge in [0.15, 0.2) is 4.77 Å². The number of hydrogen-bond acceptors (Lipinski definition) is 3. The highest BCUT2D eigenvalue weighted by Gasteiger charge is 2.38. The van der Waals surface area contributed by atoms with Crippen LogP contribution in [0.5, 0.6) is 0 Å². The number of carbonyl (C=O) groups is 2. The zero-order valence-corrected chi connectivity index (χ0v) is 10.0. The summed E-state index contributed by atoms with van der Waals surface area (Å²) >= 11 is 5.13. The quantitative estimate of drug-likeness (QED) is 0.619. The second-order valence-corrected chi connectivity index (χ2v) is 4.21. The van der Waals surface area contributed by atoms with E-state index in [-0.39, 0.29) is 18.2 Å². The molecule has 0 bridgehead atoms. The van der Waals surface area contributed by atoms with Crippen LogP contribution < -0.4 is 0 Å². The standard InChI is InChI=1S/C10H13N3O2S/c1-3-6-5-11-10(16)13(6)7-4-8(14)12(2)9(7)15/h5,7H,3-4H2,1-2H3,(H,11,16). The third-order valence-electron chi connectivity index (χ3n) is 2.92. The van der Waals surface area contributed by atoms with Crippen molar-refractivity contribution in [2.24, 2.45) is 0 Å². The van der Waals surface area contributed by atoms with Gasteiger partial charge < -0.3 is 9.55 Å². The Morgan fingerprint density at radius 3 is 2.75 bits per heavy atom. The molecule has 0 aliphatic carbocycles. The Bertz CT molecular complexity index is 502. The topological polar surface area (TPSA) is 58.1 Å². The molecule has 0 spiro atoms. The molecule has 1 saturated heterocycles. The molecule has 2 amide bonds. The first-order valence-corrected chi connectivity index (χ1v) is 5.56. The van der Waals surface area contributed by atoms with Crippen molar-refractivity contribution in [1.29, 1.82) is 0 Å². The number of likely N-dealkylation sites (tertiary alicyclic amines) is 1. The monoisotopic (exact) mass is 239 g/mol. The van der Waals surface area contributed by atoms with Crippen molar-refractivity contribution >= 4 is 24.0 Å². The van der Waals surface area contributed by atoms with E-state index in [1.165, 1.54) is 11.9 Å².